The number of nitrogens with two attached hydrogens (primary N) is 1. The number of halogens is 1. The van der Waals surface area contributed by atoms with Crippen LogP contribution < -0.4 is 21.7 Å². The molecular weight excluding hydrogens is 632 g/mol. The maximum atomic E-state index is 13.6. The summed E-state index contributed by atoms with van der Waals surface area (Å²) in [4.78, 5) is 52.9. The summed E-state index contributed by atoms with van der Waals surface area (Å²) in [5.74, 6) is -2.01. The number of rotatable bonds is 11. The lowest BCUT2D eigenvalue weighted by Crippen LogP contribution is -2.30. The van der Waals surface area contributed by atoms with Gasteiger partial charge < -0.3 is 21.7 Å². The molecule has 5 N–H and O–H groups in total. The predicted molar refractivity (Wildman–Crippen MR) is 187 cm³/mol. The van der Waals surface area contributed by atoms with Gasteiger partial charge in [0.05, 0.1) is 11.3 Å². The molecule has 0 fully saturated rings. The van der Waals surface area contributed by atoms with Crippen LogP contribution in [0.25, 0.3) is 6.08 Å². The molecule has 0 saturated carbocycles. The highest BCUT2D eigenvalue weighted by molar-refractivity contribution is 8.00. The zero-order valence-electron chi connectivity index (χ0n) is 24.9. The number of hydrogen-bond acceptors (Lipinski definition) is 5. The first kappa shape index (κ1) is 32.7. The minimum Gasteiger partial charge on any atom is -0.366 e. The zero-order chi connectivity index (χ0) is 33.2. The third-order valence-corrected chi connectivity index (χ3v) is 8.35. The summed E-state index contributed by atoms with van der Waals surface area (Å²) in [6.07, 6.45) is 1.56. The first-order valence-corrected chi connectivity index (χ1v) is 15.7. The molecular formula is C37H29ClN4O4S. The second-order valence-electron chi connectivity index (χ2n) is 10.2. The van der Waals surface area contributed by atoms with Gasteiger partial charge >= 0.3 is 0 Å². The third kappa shape index (κ3) is 8.97. The third-order valence-electron chi connectivity index (χ3n) is 6.85. The standard InChI is InChI=1S/C37H29ClN4O4S/c38-27-20-18-24(19-21-27)22-32(42-35(44)26-12-5-2-6-13-26)36(45)40-28-14-9-15-29(23-28)47-33(25-10-3-1-4-11-25)37(46)41-31-17-8-7-16-30(31)34(39)43/h1-23,33H,(H2,39,43)(H,40,45)(H,41,46)(H,42,44)/b32-22+. The van der Waals surface area contributed by atoms with E-state index in [-0.39, 0.29) is 17.2 Å². The zero-order valence-corrected chi connectivity index (χ0v) is 26.4. The summed E-state index contributed by atoms with van der Waals surface area (Å²) in [5, 5.41) is 8.25. The summed E-state index contributed by atoms with van der Waals surface area (Å²) in [5.41, 5.74) is 8.28. The maximum absolute atomic E-state index is 13.6. The highest BCUT2D eigenvalue weighted by Crippen LogP contribution is 2.37. The fourth-order valence-electron chi connectivity index (χ4n) is 4.56. The molecule has 0 bridgehead atoms. The summed E-state index contributed by atoms with van der Waals surface area (Å²) in [6.45, 7) is 0. The van der Waals surface area contributed by atoms with Crippen LogP contribution in [-0.4, -0.2) is 23.6 Å². The molecule has 5 rings (SSSR count). The first-order chi connectivity index (χ1) is 22.8. The van der Waals surface area contributed by atoms with E-state index < -0.39 is 23.0 Å². The van der Waals surface area contributed by atoms with Crippen molar-refractivity contribution in [2.75, 3.05) is 10.6 Å². The number of hydrogen-bond donors (Lipinski definition) is 4. The van der Waals surface area contributed by atoms with Crippen molar-refractivity contribution in [1.29, 1.82) is 0 Å². The van der Waals surface area contributed by atoms with E-state index in [2.05, 4.69) is 16.0 Å². The van der Waals surface area contributed by atoms with Crippen LogP contribution in [0.2, 0.25) is 5.02 Å². The van der Waals surface area contributed by atoms with Gasteiger partial charge in [-0.2, -0.15) is 0 Å². The van der Waals surface area contributed by atoms with Gasteiger partial charge in [-0.15, -0.1) is 11.8 Å². The molecule has 1 unspecified atom stereocenters. The Balaban J connectivity index is 1.38. The Kier molecular flexibility index (Phi) is 10.9. The highest BCUT2D eigenvalue weighted by Gasteiger charge is 2.24. The number of carbonyl (C=O) groups is 4. The molecule has 0 aliphatic heterocycles. The number of benzene rings is 5. The van der Waals surface area contributed by atoms with Gasteiger partial charge in [-0.3, -0.25) is 19.2 Å². The van der Waals surface area contributed by atoms with E-state index in [0.717, 1.165) is 5.56 Å². The van der Waals surface area contributed by atoms with Crippen molar-refractivity contribution < 1.29 is 19.2 Å². The molecule has 8 nitrogen and oxygen atoms in total. The first-order valence-electron chi connectivity index (χ1n) is 14.4. The van der Waals surface area contributed by atoms with Crippen molar-refractivity contribution in [1.82, 2.24) is 5.32 Å². The Morgan fingerprint density at radius 1 is 0.723 bits per heavy atom. The van der Waals surface area contributed by atoms with Gasteiger partial charge in [0.25, 0.3) is 17.7 Å². The summed E-state index contributed by atoms with van der Waals surface area (Å²) in [6, 6.07) is 38.2. The molecule has 1 atom stereocenters. The Hall–Kier alpha value is -5.64. The van der Waals surface area contributed by atoms with Gasteiger partial charge in [0.1, 0.15) is 10.9 Å². The number of carbonyl (C=O) groups excluding carboxylic acids is 4. The molecule has 0 aliphatic rings. The number of amides is 4. The molecule has 234 valence electrons. The number of para-hydroxylation sites is 1. The minimum absolute atomic E-state index is 0.0221. The Labute approximate surface area is 281 Å². The molecule has 0 aromatic heterocycles. The summed E-state index contributed by atoms with van der Waals surface area (Å²) in [7, 11) is 0. The average Bonchev–Trinajstić information content (AvgIpc) is 3.09. The maximum Gasteiger partial charge on any atom is 0.272 e. The minimum atomic E-state index is -0.714. The van der Waals surface area contributed by atoms with E-state index in [9.17, 15) is 19.2 Å². The summed E-state index contributed by atoms with van der Waals surface area (Å²) < 4.78 is 0. The molecule has 0 heterocycles. The van der Waals surface area contributed by atoms with Crippen LogP contribution in [0.1, 0.15) is 37.1 Å². The van der Waals surface area contributed by atoms with Crippen LogP contribution >= 0.6 is 23.4 Å². The van der Waals surface area contributed by atoms with E-state index in [1.54, 1.807) is 103 Å². The number of nitrogens with one attached hydrogen (secondary N) is 3. The molecule has 5 aromatic carbocycles. The highest BCUT2D eigenvalue weighted by atomic mass is 35.5. The van der Waals surface area contributed by atoms with Crippen molar-refractivity contribution in [2.45, 2.75) is 10.1 Å². The van der Waals surface area contributed by atoms with Gasteiger partial charge in [-0.1, -0.05) is 90.5 Å². The number of anilines is 2. The van der Waals surface area contributed by atoms with Crippen LogP contribution in [0, 0.1) is 0 Å². The second kappa shape index (κ2) is 15.6. The van der Waals surface area contributed by atoms with Crippen LogP contribution in [0.3, 0.4) is 0 Å². The largest absolute Gasteiger partial charge is 0.366 e. The number of thioether (sulfide) groups is 1. The van der Waals surface area contributed by atoms with Crippen LogP contribution in [0.4, 0.5) is 11.4 Å². The van der Waals surface area contributed by atoms with E-state index in [1.165, 1.54) is 11.8 Å². The number of primary amides is 1. The van der Waals surface area contributed by atoms with Crippen molar-refractivity contribution in [3.05, 3.63) is 166 Å². The topological polar surface area (TPSA) is 130 Å². The quantitative estimate of drug-likeness (QED) is 0.0871. The molecule has 0 radical (unpaired) electrons. The molecule has 0 spiro atoms. The van der Waals surface area contributed by atoms with Gasteiger partial charge in [0.2, 0.25) is 5.91 Å². The Morgan fingerprint density at radius 2 is 1.38 bits per heavy atom. The van der Waals surface area contributed by atoms with Crippen LogP contribution in [-0.2, 0) is 9.59 Å². The molecule has 47 heavy (non-hydrogen) atoms. The van der Waals surface area contributed by atoms with Crippen LogP contribution in [0.5, 0.6) is 0 Å². The molecule has 0 saturated heterocycles. The van der Waals surface area contributed by atoms with Gasteiger partial charge in [0.15, 0.2) is 0 Å². The fourth-order valence-corrected chi connectivity index (χ4v) is 5.77. The van der Waals surface area contributed by atoms with Crippen molar-refractivity contribution in [3.63, 3.8) is 0 Å². The van der Waals surface area contributed by atoms with E-state index in [1.807, 2.05) is 36.4 Å². The molecule has 5 aromatic rings. The van der Waals surface area contributed by atoms with Crippen molar-refractivity contribution in [3.8, 4) is 0 Å². The second-order valence-corrected chi connectivity index (χ2v) is 11.8. The summed E-state index contributed by atoms with van der Waals surface area (Å²) >= 11 is 7.30. The van der Waals surface area contributed by atoms with E-state index in [0.29, 0.717) is 32.4 Å². The predicted octanol–water partition coefficient (Wildman–Crippen LogP) is 7.32. The van der Waals surface area contributed by atoms with E-state index in [4.69, 9.17) is 17.3 Å². The molecule has 0 aliphatic carbocycles. The van der Waals surface area contributed by atoms with E-state index >= 15 is 0 Å². The van der Waals surface area contributed by atoms with Gasteiger partial charge in [-0.05, 0) is 71.8 Å². The Morgan fingerprint density at radius 3 is 2.09 bits per heavy atom. The lowest BCUT2D eigenvalue weighted by molar-refractivity contribution is -0.116. The monoisotopic (exact) mass is 660 g/mol. The fraction of sp³-hybridized carbons (Fsp3) is 0.0270. The van der Waals surface area contributed by atoms with Crippen molar-refractivity contribution >= 4 is 64.4 Å². The lowest BCUT2D eigenvalue weighted by Gasteiger charge is -2.18. The van der Waals surface area contributed by atoms with Crippen LogP contribution in [0.15, 0.2) is 144 Å². The smallest absolute Gasteiger partial charge is 0.272 e. The van der Waals surface area contributed by atoms with Gasteiger partial charge in [0, 0.05) is 21.2 Å². The average molecular weight is 661 g/mol. The van der Waals surface area contributed by atoms with Crippen molar-refractivity contribution in [2.24, 2.45) is 5.73 Å². The SMILES string of the molecule is NC(=O)c1ccccc1NC(=O)C(Sc1cccc(NC(=O)/C(=C\c2ccc(Cl)cc2)NC(=O)c2ccccc2)c1)c1ccccc1. The lowest BCUT2D eigenvalue weighted by atomic mass is 10.1. The molecule has 10 heteroatoms. The van der Waals surface area contributed by atoms with Gasteiger partial charge in [-0.25, -0.2) is 0 Å². The Bertz CT molecular complexity index is 1930. The molecule has 4 amide bonds. The normalized spacial score (nSPS) is 11.6.